The van der Waals surface area contributed by atoms with Crippen molar-refractivity contribution in [3.8, 4) is 0 Å². The van der Waals surface area contributed by atoms with Gasteiger partial charge in [0.2, 0.25) is 0 Å². The standard InChI is InChI=1S/C12H19NO/c1-10(2)12(6-4-7-13-12)9-11-5-3-8-14-11/h3,5,8,10,13H,4,6-7,9H2,1-2H3. The minimum Gasteiger partial charge on any atom is -0.469 e. The van der Waals surface area contributed by atoms with Crippen LogP contribution in [-0.4, -0.2) is 12.1 Å². The van der Waals surface area contributed by atoms with Crippen molar-refractivity contribution in [2.24, 2.45) is 5.92 Å². The van der Waals surface area contributed by atoms with Gasteiger partial charge in [-0.05, 0) is 37.4 Å². The van der Waals surface area contributed by atoms with Crippen molar-refractivity contribution in [2.45, 2.75) is 38.6 Å². The van der Waals surface area contributed by atoms with E-state index >= 15 is 0 Å². The van der Waals surface area contributed by atoms with E-state index < -0.39 is 0 Å². The molecule has 0 amide bonds. The van der Waals surface area contributed by atoms with Gasteiger partial charge in [0.25, 0.3) is 0 Å². The molecule has 1 aliphatic heterocycles. The summed E-state index contributed by atoms with van der Waals surface area (Å²) in [6.45, 7) is 5.74. The molecule has 2 rings (SSSR count). The summed E-state index contributed by atoms with van der Waals surface area (Å²) in [5.41, 5.74) is 0.276. The first-order chi connectivity index (χ1) is 6.73. The van der Waals surface area contributed by atoms with Gasteiger partial charge >= 0.3 is 0 Å². The van der Waals surface area contributed by atoms with Gasteiger partial charge in [-0.15, -0.1) is 0 Å². The van der Waals surface area contributed by atoms with Crippen LogP contribution in [0.1, 0.15) is 32.4 Å². The molecule has 1 N–H and O–H groups in total. The molecule has 0 spiro atoms. The fourth-order valence-corrected chi connectivity index (χ4v) is 2.40. The van der Waals surface area contributed by atoms with Crippen molar-refractivity contribution in [1.29, 1.82) is 0 Å². The van der Waals surface area contributed by atoms with Crippen molar-refractivity contribution < 1.29 is 4.42 Å². The van der Waals surface area contributed by atoms with E-state index in [9.17, 15) is 0 Å². The molecule has 2 heterocycles. The molecule has 0 aromatic carbocycles. The summed E-state index contributed by atoms with van der Waals surface area (Å²) in [5.74, 6) is 1.77. The maximum atomic E-state index is 5.43. The minimum atomic E-state index is 0.276. The van der Waals surface area contributed by atoms with Gasteiger partial charge in [-0.3, -0.25) is 0 Å². The fraction of sp³-hybridized carbons (Fsp3) is 0.667. The average molecular weight is 193 g/mol. The van der Waals surface area contributed by atoms with E-state index in [0.29, 0.717) is 5.92 Å². The highest BCUT2D eigenvalue weighted by atomic mass is 16.3. The van der Waals surface area contributed by atoms with Crippen LogP contribution in [0.3, 0.4) is 0 Å². The summed E-state index contributed by atoms with van der Waals surface area (Å²) in [5, 5.41) is 3.65. The van der Waals surface area contributed by atoms with Crippen LogP contribution in [0.25, 0.3) is 0 Å². The van der Waals surface area contributed by atoms with Gasteiger partial charge in [0.05, 0.1) is 6.26 Å². The van der Waals surface area contributed by atoms with Crippen LogP contribution in [0.15, 0.2) is 22.8 Å². The molecule has 2 heteroatoms. The van der Waals surface area contributed by atoms with Crippen LogP contribution in [0, 0.1) is 5.92 Å². The second-order valence-electron chi connectivity index (χ2n) is 4.60. The highest BCUT2D eigenvalue weighted by Gasteiger charge is 2.37. The van der Waals surface area contributed by atoms with E-state index in [1.165, 1.54) is 12.8 Å². The molecule has 1 aliphatic rings. The first kappa shape index (κ1) is 9.78. The van der Waals surface area contributed by atoms with E-state index in [0.717, 1.165) is 18.7 Å². The van der Waals surface area contributed by atoms with Gasteiger partial charge in [0, 0.05) is 12.0 Å². The monoisotopic (exact) mass is 193 g/mol. The molecule has 1 saturated heterocycles. The predicted molar refractivity (Wildman–Crippen MR) is 57.2 cm³/mol. The van der Waals surface area contributed by atoms with Gasteiger partial charge in [-0.25, -0.2) is 0 Å². The Morgan fingerprint density at radius 3 is 2.93 bits per heavy atom. The van der Waals surface area contributed by atoms with E-state index in [4.69, 9.17) is 4.42 Å². The number of rotatable bonds is 3. The molecule has 1 unspecified atom stereocenters. The highest BCUT2D eigenvalue weighted by Crippen LogP contribution is 2.31. The predicted octanol–water partition coefficient (Wildman–Crippen LogP) is 2.60. The van der Waals surface area contributed by atoms with Crippen molar-refractivity contribution in [1.82, 2.24) is 5.32 Å². The zero-order valence-corrected chi connectivity index (χ0v) is 9.05. The number of nitrogens with one attached hydrogen (secondary N) is 1. The Bertz CT molecular complexity index is 271. The van der Waals surface area contributed by atoms with Crippen LogP contribution >= 0.6 is 0 Å². The first-order valence-electron chi connectivity index (χ1n) is 5.50. The van der Waals surface area contributed by atoms with Crippen LogP contribution in [0.5, 0.6) is 0 Å². The molecule has 1 aromatic heterocycles. The molecular weight excluding hydrogens is 174 g/mol. The number of hydrogen-bond acceptors (Lipinski definition) is 2. The quantitative estimate of drug-likeness (QED) is 0.798. The molecule has 0 bridgehead atoms. The van der Waals surface area contributed by atoms with Gasteiger partial charge in [-0.1, -0.05) is 13.8 Å². The molecule has 0 aliphatic carbocycles. The highest BCUT2D eigenvalue weighted by molar-refractivity contribution is 5.08. The Kier molecular flexibility index (Phi) is 2.64. The van der Waals surface area contributed by atoms with Crippen LogP contribution < -0.4 is 5.32 Å². The minimum absolute atomic E-state index is 0.276. The zero-order valence-electron chi connectivity index (χ0n) is 9.05. The third kappa shape index (κ3) is 1.71. The number of hydrogen-bond donors (Lipinski definition) is 1. The number of furan rings is 1. The second-order valence-corrected chi connectivity index (χ2v) is 4.60. The van der Waals surface area contributed by atoms with Crippen molar-refractivity contribution in [2.75, 3.05) is 6.54 Å². The van der Waals surface area contributed by atoms with Crippen LogP contribution in [-0.2, 0) is 6.42 Å². The second kappa shape index (κ2) is 3.77. The van der Waals surface area contributed by atoms with Gasteiger partial charge < -0.3 is 9.73 Å². The smallest absolute Gasteiger partial charge is 0.105 e. The third-order valence-electron chi connectivity index (χ3n) is 3.45. The molecule has 78 valence electrons. The zero-order chi connectivity index (χ0) is 10.0. The Morgan fingerprint density at radius 1 is 1.57 bits per heavy atom. The van der Waals surface area contributed by atoms with Crippen molar-refractivity contribution in [3.63, 3.8) is 0 Å². The first-order valence-corrected chi connectivity index (χ1v) is 5.50. The van der Waals surface area contributed by atoms with E-state index in [-0.39, 0.29) is 5.54 Å². The van der Waals surface area contributed by atoms with E-state index in [1.54, 1.807) is 6.26 Å². The molecule has 1 aromatic rings. The molecule has 1 atom stereocenters. The Balaban J connectivity index is 2.12. The largest absolute Gasteiger partial charge is 0.469 e. The summed E-state index contributed by atoms with van der Waals surface area (Å²) in [6, 6.07) is 4.04. The topological polar surface area (TPSA) is 25.2 Å². The molecule has 2 nitrogen and oxygen atoms in total. The molecule has 0 radical (unpaired) electrons. The average Bonchev–Trinajstić information content (AvgIpc) is 2.76. The normalized spacial score (nSPS) is 27.4. The molecule has 14 heavy (non-hydrogen) atoms. The maximum Gasteiger partial charge on any atom is 0.105 e. The Morgan fingerprint density at radius 2 is 2.43 bits per heavy atom. The van der Waals surface area contributed by atoms with Gasteiger partial charge in [0.15, 0.2) is 0 Å². The lowest BCUT2D eigenvalue weighted by Crippen LogP contribution is -2.46. The van der Waals surface area contributed by atoms with Gasteiger partial charge in [-0.2, -0.15) is 0 Å². The SMILES string of the molecule is CC(C)C1(Cc2ccco2)CCCN1. The van der Waals surface area contributed by atoms with E-state index in [2.05, 4.69) is 25.2 Å². The molecule has 1 fully saturated rings. The van der Waals surface area contributed by atoms with Crippen LogP contribution in [0.4, 0.5) is 0 Å². The Hall–Kier alpha value is -0.760. The van der Waals surface area contributed by atoms with E-state index in [1.807, 2.05) is 6.07 Å². The summed E-state index contributed by atoms with van der Waals surface area (Å²) >= 11 is 0. The summed E-state index contributed by atoms with van der Waals surface area (Å²) in [7, 11) is 0. The Labute approximate surface area is 85.7 Å². The molecular formula is C12H19NO. The summed E-state index contributed by atoms with van der Waals surface area (Å²) in [4.78, 5) is 0. The van der Waals surface area contributed by atoms with Crippen molar-refractivity contribution >= 4 is 0 Å². The third-order valence-corrected chi connectivity index (χ3v) is 3.45. The summed E-state index contributed by atoms with van der Waals surface area (Å²) < 4.78 is 5.43. The lowest BCUT2D eigenvalue weighted by Gasteiger charge is -2.33. The maximum absolute atomic E-state index is 5.43. The van der Waals surface area contributed by atoms with Crippen molar-refractivity contribution in [3.05, 3.63) is 24.2 Å². The lowest BCUT2D eigenvalue weighted by atomic mass is 9.81. The lowest BCUT2D eigenvalue weighted by molar-refractivity contribution is 0.253. The fourth-order valence-electron chi connectivity index (χ4n) is 2.40. The molecule has 0 saturated carbocycles. The summed E-state index contributed by atoms with van der Waals surface area (Å²) in [6.07, 6.45) is 5.35. The van der Waals surface area contributed by atoms with Crippen LogP contribution in [0.2, 0.25) is 0 Å². The van der Waals surface area contributed by atoms with Gasteiger partial charge in [0.1, 0.15) is 5.76 Å².